The molecule has 0 spiro atoms. The molecule has 1 aliphatic carbocycles. The number of ether oxygens (including phenoxy) is 1. The minimum absolute atomic E-state index is 0.716. The van der Waals surface area contributed by atoms with E-state index in [1.165, 1.54) is 24.0 Å². The Kier molecular flexibility index (Phi) is 5.27. The molecule has 0 amide bonds. The van der Waals surface area contributed by atoms with E-state index < -0.39 is 30.6 Å². The van der Waals surface area contributed by atoms with Gasteiger partial charge in [0, 0.05) is 11.6 Å². The number of aliphatic hydroxyl groups excluding tert-OH is 3. The summed E-state index contributed by atoms with van der Waals surface area (Å²) in [5.74, 6) is 0.720. The molecule has 1 aliphatic heterocycles. The predicted octanol–water partition coefficient (Wildman–Crippen LogP) is 2.55. The van der Waals surface area contributed by atoms with Crippen molar-refractivity contribution in [2.75, 3.05) is 0 Å². The Balaban J connectivity index is 1.49. The van der Waals surface area contributed by atoms with Gasteiger partial charge in [0.1, 0.15) is 24.4 Å². The number of aromatic nitrogens is 1. The average Bonchev–Trinajstić information content (AvgIpc) is 3.58. The number of para-hydroxylation sites is 1. The zero-order chi connectivity index (χ0) is 21.5. The first-order valence-electron chi connectivity index (χ1n) is 10.6. The van der Waals surface area contributed by atoms with Gasteiger partial charge in [-0.1, -0.05) is 47.6 Å². The van der Waals surface area contributed by atoms with Gasteiger partial charge in [0.25, 0.3) is 0 Å². The normalized spacial score (nSPS) is 29.1. The molecule has 0 radical (unpaired) electrons. The van der Waals surface area contributed by atoms with E-state index in [1.54, 1.807) is 4.57 Å². The van der Waals surface area contributed by atoms with Gasteiger partial charge in [0.05, 0.1) is 11.7 Å². The highest BCUT2D eigenvalue weighted by molar-refractivity contribution is 5.84. The average molecular weight is 422 g/mol. The van der Waals surface area contributed by atoms with Crippen molar-refractivity contribution in [3.63, 3.8) is 0 Å². The first kappa shape index (κ1) is 20.2. The first-order chi connectivity index (χ1) is 15.1. The maximum atomic E-state index is 10.6. The molecule has 2 aliphatic rings. The molecular weight excluding hydrogens is 396 g/mol. The van der Waals surface area contributed by atoms with Crippen LogP contribution in [-0.2, 0) is 11.2 Å². The van der Waals surface area contributed by atoms with Crippen LogP contribution in [0, 0.1) is 0 Å². The third-order valence-electron chi connectivity index (χ3n) is 6.36. The summed E-state index contributed by atoms with van der Waals surface area (Å²) in [6, 6.07) is 16.6. The minimum atomic E-state index is -1.44. The molecule has 4 N–H and O–H groups in total. The van der Waals surface area contributed by atoms with Crippen molar-refractivity contribution in [2.24, 2.45) is 5.16 Å². The summed E-state index contributed by atoms with van der Waals surface area (Å²) in [6.45, 7) is 0. The highest BCUT2D eigenvalue weighted by Crippen LogP contribution is 2.40. The third kappa shape index (κ3) is 3.74. The molecule has 2 heterocycles. The molecule has 31 heavy (non-hydrogen) atoms. The van der Waals surface area contributed by atoms with Crippen LogP contribution in [0.25, 0.3) is 10.9 Å². The summed E-state index contributed by atoms with van der Waals surface area (Å²) < 4.78 is 7.60. The SMILES string of the molecule is ON=C[C@H]1O[C@@H](n2cc(Cc3ccc(C4CC4)cc3)c3ccccc32)[C@H](O)[C@@H](O)[C@@H]1O. The molecule has 3 aromatic rings. The zero-order valence-electron chi connectivity index (χ0n) is 17.0. The van der Waals surface area contributed by atoms with E-state index in [-0.39, 0.29) is 0 Å². The lowest BCUT2D eigenvalue weighted by atomic mass is 9.98. The summed E-state index contributed by atoms with van der Waals surface area (Å²) in [5.41, 5.74) is 4.50. The first-order valence-corrected chi connectivity index (χ1v) is 10.6. The molecule has 2 aromatic carbocycles. The maximum Gasteiger partial charge on any atom is 0.163 e. The summed E-state index contributed by atoms with van der Waals surface area (Å²) in [6.07, 6.45) is 0.0255. The maximum absolute atomic E-state index is 10.6. The van der Waals surface area contributed by atoms with E-state index in [9.17, 15) is 15.3 Å². The van der Waals surface area contributed by atoms with E-state index in [0.29, 0.717) is 6.42 Å². The number of benzene rings is 2. The molecule has 7 heteroatoms. The molecule has 1 saturated heterocycles. The van der Waals surface area contributed by atoms with E-state index in [2.05, 4.69) is 29.4 Å². The van der Waals surface area contributed by atoms with Crippen molar-refractivity contribution in [3.05, 3.63) is 71.4 Å². The van der Waals surface area contributed by atoms with Crippen LogP contribution in [0.15, 0.2) is 59.9 Å². The van der Waals surface area contributed by atoms with Crippen LogP contribution in [0.2, 0.25) is 0 Å². The van der Waals surface area contributed by atoms with Gasteiger partial charge in [-0.3, -0.25) is 0 Å². The fourth-order valence-corrected chi connectivity index (χ4v) is 4.48. The minimum Gasteiger partial charge on any atom is -0.411 e. The van der Waals surface area contributed by atoms with E-state index in [4.69, 9.17) is 9.94 Å². The summed E-state index contributed by atoms with van der Waals surface area (Å²) >= 11 is 0. The largest absolute Gasteiger partial charge is 0.411 e. The Labute approximate surface area is 179 Å². The lowest BCUT2D eigenvalue weighted by Gasteiger charge is -2.39. The molecule has 1 saturated carbocycles. The lowest BCUT2D eigenvalue weighted by Crippen LogP contribution is -2.55. The number of oxime groups is 1. The van der Waals surface area contributed by atoms with Gasteiger partial charge in [0.15, 0.2) is 6.23 Å². The Morgan fingerprint density at radius 1 is 0.968 bits per heavy atom. The van der Waals surface area contributed by atoms with Crippen LogP contribution >= 0.6 is 0 Å². The second-order valence-corrected chi connectivity index (χ2v) is 8.50. The molecule has 0 unspecified atom stereocenters. The smallest absolute Gasteiger partial charge is 0.163 e. The number of nitrogens with zero attached hydrogens (tertiary/aromatic N) is 2. The van der Waals surface area contributed by atoms with Crippen molar-refractivity contribution < 1.29 is 25.3 Å². The van der Waals surface area contributed by atoms with Crippen molar-refractivity contribution in [2.45, 2.75) is 55.8 Å². The highest BCUT2D eigenvalue weighted by Gasteiger charge is 2.44. The van der Waals surface area contributed by atoms with Crippen LogP contribution < -0.4 is 0 Å². The molecule has 0 bridgehead atoms. The van der Waals surface area contributed by atoms with Gasteiger partial charge in [-0.25, -0.2) is 0 Å². The number of hydrogen-bond acceptors (Lipinski definition) is 6. The molecular formula is C24H26N2O5. The van der Waals surface area contributed by atoms with Gasteiger partial charge >= 0.3 is 0 Å². The topological polar surface area (TPSA) is 107 Å². The zero-order valence-corrected chi connectivity index (χ0v) is 17.0. The molecule has 1 aromatic heterocycles. The summed E-state index contributed by atoms with van der Waals surface area (Å²) in [7, 11) is 0. The van der Waals surface area contributed by atoms with Gasteiger partial charge in [-0.2, -0.15) is 0 Å². The van der Waals surface area contributed by atoms with E-state index in [1.807, 2.05) is 30.5 Å². The third-order valence-corrected chi connectivity index (χ3v) is 6.36. The number of aliphatic hydroxyl groups is 3. The van der Waals surface area contributed by atoms with Crippen molar-refractivity contribution in [1.82, 2.24) is 4.57 Å². The second-order valence-electron chi connectivity index (χ2n) is 8.50. The number of hydrogen-bond donors (Lipinski definition) is 4. The standard InChI is InChI=1S/C24H26N2O5/c27-21-20(12-25-30)31-24(23(29)22(21)28)26-13-17(18-3-1-2-4-19(18)26)11-14-5-7-15(8-6-14)16-9-10-16/h1-8,12-13,16,20-24,27-30H,9-11H2/t20-,21-,22+,23-,24-/m1/s1. The van der Waals surface area contributed by atoms with Crippen molar-refractivity contribution >= 4 is 17.1 Å². The highest BCUT2D eigenvalue weighted by atomic mass is 16.5. The van der Waals surface area contributed by atoms with Gasteiger partial charge in [-0.15, -0.1) is 0 Å². The van der Waals surface area contributed by atoms with E-state index >= 15 is 0 Å². The van der Waals surface area contributed by atoms with Crippen LogP contribution in [0.1, 0.15) is 41.7 Å². The van der Waals surface area contributed by atoms with Gasteiger partial charge in [-0.05, 0) is 47.9 Å². The Morgan fingerprint density at radius 2 is 1.71 bits per heavy atom. The van der Waals surface area contributed by atoms with Gasteiger partial charge < -0.3 is 29.8 Å². The van der Waals surface area contributed by atoms with Crippen molar-refractivity contribution in [3.8, 4) is 0 Å². The molecule has 162 valence electrons. The summed E-state index contributed by atoms with van der Waals surface area (Å²) in [4.78, 5) is 0. The predicted molar refractivity (Wildman–Crippen MR) is 115 cm³/mol. The number of fused-ring (bicyclic) bond motifs is 1. The van der Waals surface area contributed by atoms with E-state index in [0.717, 1.165) is 28.6 Å². The van der Waals surface area contributed by atoms with Crippen LogP contribution in [0.5, 0.6) is 0 Å². The number of rotatable bonds is 5. The molecule has 7 nitrogen and oxygen atoms in total. The fourth-order valence-electron chi connectivity index (χ4n) is 4.48. The molecule has 5 rings (SSSR count). The summed E-state index contributed by atoms with van der Waals surface area (Å²) in [5, 5.41) is 43.9. The fraction of sp³-hybridized carbons (Fsp3) is 0.375. The monoisotopic (exact) mass is 422 g/mol. The molecule has 5 atom stereocenters. The Hall–Kier alpha value is -2.71. The van der Waals surface area contributed by atoms with Gasteiger partial charge in [0.2, 0.25) is 0 Å². The molecule has 2 fully saturated rings. The Morgan fingerprint density at radius 3 is 2.42 bits per heavy atom. The van der Waals surface area contributed by atoms with Crippen molar-refractivity contribution in [1.29, 1.82) is 0 Å². The second kappa shape index (κ2) is 8.09. The van der Waals surface area contributed by atoms with Crippen LogP contribution in [0.4, 0.5) is 0 Å². The van der Waals surface area contributed by atoms with Crippen LogP contribution in [0.3, 0.4) is 0 Å². The Bertz CT molecular complexity index is 1090. The lowest BCUT2D eigenvalue weighted by molar-refractivity contribution is -0.225. The van der Waals surface area contributed by atoms with Crippen LogP contribution in [-0.4, -0.2) is 55.7 Å². The quantitative estimate of drug-likeness (QED) is 0.287.